The number of nitrogens with zero attached hydrogens (tertiary/aromatic N) is 5. The van der Waals surface area contributed by atoms with E-state index in [1.807, 2.05) is 90.2 Å². The summed E-state index contributed by atoms with van der Waals surface area (Å²) in [6.45, 7) is 14.9. The van der Waals surface area contributed by atoms with Gasteiger partial charge >= 0.3 is 12.1 Å². The van der Waals surface area contributed by atoms with Crippen LogP contribution in [-0.2, 0) is 20.7 Å². The standard InChI is InChI=1S/C40H53N5O5/c1-27-14-16-29-17-18-32(23-31(29)26-41-27)45(38(47)50-40(5,6)7)35-25-34(42-37(43-35)30-12-9-13-33(24-30)48-8)44-21-10-11-28(20-22-44)15-19-36(46)49-39(2,3)4/h9,12-13,17-18,23-28H,10-11,14-16,19-22H2,1-8H3. The maximum Gasteiger partial charge on any atom is 0.420 e. The number of benzene rings is 2. The first-order valence-corrected chi connectivity index (χ1v) is 17.9. The number of methoxy groups -OCH3 is 1. The van der Waals surface area contributed by atoms with Gasteiger partial charge in [-0.3, -0.25) is 9.79 Å². The zero-order chi connectivity index (χ0) is 36.1. The number of rotatable bonds is 8. The van der Waals surface area contributed by atoms with Crippen molar-refractivity contribution in [2.24, 2.45) is 10.9 Å². The molecule has 2 aliphatic heterocycles. The molecular weight excluding hydrogens is 630 g/mol. The lowest BCUT2D eigenvalue weighted by Crippen LogP contribution is -2.35. The topological polar surface area (TPSA) is 106 Å². The smallest absolute Gasteiger partial charge is 0.420 e. The van der Waals surface area contributed by atoms with E-state index in [0.717, 1.165) is 68.6 Å². The van der Waals surface area contributed by atoms with Gasteiger partial charge in [-0.15, -0.1) is 0 Å². The summed E-state index contributed by atoms with van der Waals surface area (Å²) in [4.78, 5) is 45.2. The van der Waals surface area contributed by atoms with E-state index in [-0.39, 0.29) is 12.0 Å². The number of ether oxygens (including phenoxy) is 3. The Kier molecular flexibility index (Phi) is 11.5. The first kappa shape index (κ1) is 36.8. The van der Waals surface area contributed by atoms with Crippen molar-refractivity contribution in [3.63, 3.8) is 0 Å². The van der Waals surface area contributed by atoms with Gasteiger partial charge in [0.2, 0.25) is 0 Å². The summed E-state index contributed by atoms with van der Waals surface area (Å²) >= 11 is 0. The molecule has 1 aromatic heterocycles. The Morgan fingerprint density at radius 2 is 1.70 bits per heavy atom. The van der Waals surface area contributed by atoms with Gasteiger partial charge < -0.3 is 19.1 Å². The minimum atomic E-state index is -0.734. The number of carbonyl (C=O) groups excluding carboxylic acids is 2. The third-order valence-electron chi connectivity index (χ3n) is 8.87. The molecule has 2 unspecified atom stereocenters. The summed E-state index contributed by atoms with van der Waals surface area (Å²) in [5.41, 5.74) is 2.36. The normalized spacial score (nSPS) is 18.0. The van der Waals surface area contributed by atoms with Crippen molar-refractivity contribution < 1.29 is 23.8 Å². The molecule has 10 heteroatoms. The lowest BCUT2D eigenvalue weighted by atomic mass is 9.95. The average molecular weight is 684 g/mol. The molecule has 5 rings (SSSR count). The summed E-state index contributed by atoms with van der Waals surface area (Å²) in [5, 5.41) is 0. The molecule has 10 nitrogen and oxygen atoms in total. The molecule has 0 radical (unpaired) electrons. The number of hydrogen-bond acceptors (Lipinski definition) is 9. The summed E-state index contributed by atoms with van der Waals surface area (Å²) in [6.07, 6.45) is 7.33. The van der Waals surface area contributed by atoms with E-state index in [9.17, 15) is 9.59 Å². The van der Waals surface area contributed by atoms with Gasteiger partial charge in [-0.05, 0) is 128 Å². The molecule has 2 aliphatic rings. The van der Waals surface area contributed by atoms with Crippen LogP contribution in [0.4, 0.5) is 22.1 Å². The van der Waals surface area contributed by atoms with Gasteiger partial charge in [0.15, 0.2) is 5.82 Å². The molecule has 2 atom stereocenters. The molecule has 0 aliphatic carbocycles. The highest BCUT2D eigenvalue weighted by molar-refractivity contribution is 5.97. The summed E-state index contributed by atoms with van der Waals surface area (Å²) in [7, 11) is 1.63. The van der Waals surface area contributed by atoms with Crippen LogP contribution < -0.4 is 14.5 Å². The second kappa shape index (κ2) is 15.6. The first-order chi connectivity index (χ1) is 23.7. The van der Waals surface area contributed by atoms with Crippen LogP contribution in [0.25, 0.3) is 11.4 Å². The van der Waals surface area contributed by atoms with E-state index in [4.69, 9.17) is 29.2 Å². The van der Waals surface area contributed by atoms with Crippen LogP contribution in [0, 0.1) is 5.92 Å². The largest absolute Gasteiger partial charge is 0.497 e. The zero-order valence-electron chi connectivity index (χ0n) is 31.0. The Morgan fingerprint density at radius 3 is 2.44 bits per heavy atom. The van der Waals surface area contributed by atoms with Crippen LogP contribution in [0.3, 0.4) is 0 Å². The van der Waals surface area contributed by atoms with Crippen molar-refractivity contribution in [2.75, 3.05) is 30.0 Å². The zero-order valence-corrected chi connectivity index (χ0v) is 31.0. The second-order valence-electron chi connectivity index (χ2n) is 15.4. The summed E-state index contributed by atoms with van der Waals surface area (Å²) in [5.74, 6) is 2.53. The minimum Gasteiger partial charge on any atom is -0.497 e. The monoisotopic (exact) mass is 683 g/mol. The number of amides is 1. The fourth-order valence-electron chi connectivity index (χ4n) is 6.34. The van der Waals surface area contributed by atoms with Crippen LogP contribution in [0.2, 0.25) is 0 Å². The predicted octanol–water partition coefficient (Wildman–Crippen LogP) is 8.71. The number of aliphatic imine (C=N–C) groups is 1. The minimum absolute atomic E-state index is 0.150. The molecule has 2 aromatic carbocycles. The Hall–Kier alpha value is -4.47. The van der Waals surface area contributed by atoms with E-state index in [1.54, 1.807) is 12.0 Å². The van der Waals surface area contributed by atoms with Gasteiger partial charge in [-0.2, -0.15) is 0 Å². The molecule has 1 amide bonds. The van der Waals surface area contributed by atoms with Crippen LogP contribution in [0.15, 0.2) is 53.5 Å². The molecule has 268 valence electrons. The van der Waals surface area contributed by atoms with Gasteiger partial charge in [0.1, 0.15) is 28.6 Å². The molecule has 50 heavy (non-hydrogen) atoms. The van der Waals surface area contributed by atoms with Gasteiger partial charge in [0, 0.05) is 43.4 Å². The molecule has 3 heterocycles. The number of hydrogen-bond donors (Lipinski definition) is 0. The van der Waals surface area contributed by atoms with Gasteiger partial charge in [-0.1, -0.05) is 18.2 Å². The van der Waals surface area contributed by atoms with E-state index in [2.05, 4.69) is 17.9 Å². The Balaban J connectivity index is 1.53. The van der Waals surface area contributed by atoms with Gasteiger partial charge in [0.25, 0.3) is 0 Å². The van der Waals surface area contributed by atoms with Crippen LogP contribution >= 0.6 is 0 Å². The fraction of sp³-hybridized carbons (Fsp3) is 0.525. The number of anilines is 3. The first-order valence-electron chi connectivity index (χ1n) is 17.9. The van der Waals surface area contributed by atoms with Crippen molar-refractivity contribution in [3.8, 4) is 17.1 Å². The summed E-state index contributed by atoms with van der Waals surface area (Å²) < 4.78 is 17.1. The molecule has 1 saturated heterocycles. The highest BCUT2D eigenvalue weighted by Crippen LogP contribution is 2.35. The molecule has 3 aromatic rings. The van der Waals surface area contributed by atoms with Crippen molar-refractivity contribution in [1.82, 2.24) is 9.97 Å². The quantitative estimate of drug-likeness (QED) is 0.217. The molecule has 1 fully saturated rings. The Morgan fingerprint density at radius 1 is 0.920 bits per heavy atom. The SMILES string of the molecule is COc1cccc(-c2nc(N3CCCC(CCC(=O)OC(C)(C)C)CC3)cc(N(C(=O)OC(C)(C)C)c3ccc4c(c3)C=NC(C)CC4)n2)c1. The number of esters is 1. The third-order valence-corrected chi connectivity index (χ3v) is 8.87. The Bertz CT molecular complexity index is 1690. The van der Waals surface area contributed by atoms with Crippen LogP contribution in [0.5, 0.6) is 5.75 Å². The molecule has 0 saturated carbocycles. The van der Waals surface area contributed by atoms with E-state index in [0.29, 0.717) is 35.4 Å². The summed E-state index contributed by atoms with van der Waals surface area (Å²) in [6, 6.07) is 15.8. The molecule has 0 N–H and O–H groups in total. The predicted molar refractivity (Wildman–Crippen MR) is 199 cm³/mol. The van der Waals surface area contributed by atoms with Crippen LogP contribution in [-0.4, -0.2) is 65.7 Å². The van der Waals surface area contributed by atoms with Crippen molar-refractivity contribution in [1.29, 1.82) is 0 Å². The highest BCUT2D eigenvalue weighted by atomic mass is 16.6. The van der Waals surface area contributed by atoms with Crippen molar-refractivity contribution >= 4 is 35.6 Å². The van der Waals surface area contributed by atoms with Gasteiger partial charge in [0.05, 0.1) is 12.8 Å². The van der Waals surface area contributed by atoms with Gasteiger partial charge in [-0.25, -0.2) is 19.7 Å². The number of aryl methyl sites for hydroxylation is 1. The third kappa shape index (κ3) is 10.0. The lowest BCUT2D eigenvalue weighted by Gasteiger charge is -2.29. The highest BCUT2D eigenvalue weighted by Gasteiger charge is 2.29. The molecule has 0 spiro atoms. The molecular formula is C40H53N5O5. The maximum atomic E-state index is 14.1. The van der Waals surface area contributed by atoms with E-state index >= 15 is 0 Å². The Labute approximate surface area is 297 Å². The van der Waals surface area contributed by atoms with E-state index in [1.165, 1.54) is 5.56 Å². The second-order valence-corrected chi connectivity index (χ2v) is 15.4. The number of fused-ring (bicyclic) bond motifs is 1. The van der Waals surface area contributed by atoms with E-state index < -0.39 is 17.3 Å². The average Bonchev–Trinajstić information content (AvgIpc) is 3.40. The maximum absolute atomic E-state index is 14.1. The number of aromatic nitrogens is 2. The molecule has 0 bridgehead atoms. The fourth-order valence-corrected chi connectivity index (χ4v) is 6.34. The number of carbonyl (C=O) groups is 2. The van der Waals surface area contributed by atoms with Crippen LogP contribution in [0.1, 0.15) is 98.1 Å². The van der Waals surface area contributed by atoms with Crippen molar-refractivity contribution in [2.45, 2.75) is 111 Å². The van der Waals surface area contributed by atoms with Crippen molar-refractivity contribution in [3.05, 3.63) is 59.7 Å². The lowest BCUT2D eigenvalue weighted by molar-refractivity contribution is -0.155.